The van der Waals surface area contributed by atoms with Crippen LogP contribution in [0.1, 0.15) is 17.7 Å². The van der Waals surface area contributed by atoms with Gasteiger partial charge in [0.05, 0.1) is 31.6 Å². The summed E-state index contributed by atoms with van der Waals surface area (Å²) in [5, 5.41) is 0.605. The van der Waals surface area contributed by atoms with Gasteiger partial charge < -0.3 is 9.47 Å². The topological polar surface area (TPSA) is 48.7 Å². The molecule has 0 saturated carbocycles. The number of hydrogen-bond donors (Lipinski definition) is 0. The van der Waals surface area contributed by atoms with Crippen molar-refractivity contribution in [2.45, 2.75) is 19.3 Å². The molecule has 2 heterocycles. The normalized spacial score (nSPS) is 10.9. The molecule has 5 nitrogen and oxygen atoms in total. The fourth-order valence-corrected chi connectivity index (χ4v) is 2.75. The molecule has 0 N–H and O–H groups in total. The van der Waals surface area contributed by atoms with Gasteiger partial charge in [-0.3, -0.25) is 4.40 Å². The zero-order valence-corrected chi connectivity index (χ0v) is 13.9. The zero-order chi connectivity index (χ0) is 16.2. The molecule has 0 aliphatic heterocycles. The van der Waals surface area contributed by atoms with Gasteiger partial charge >= 0.3 is 0 Å². The van der Waals surface area contributed by atoms with Gasteiger partial charge in [0.25, 0.3) is 0 Å². The average Bonchev–Trinajstić information content (AvgIpc) is 2.97. The van der Waals surface area contributed by atoms with Crippen LogP contribution in [0.2, 0.25) is 5.02 Å². The van der Waals surface area contributed by atoms with Crippen molar-refractivity contribution in [2.24, 2.45) is 0 Å². The van der Waals surface area contributed by atoms with Crippen LogP contribution in [-0.4, -0.2) is 28.6 Å². The van der Waals surface area contributed by atoms with Gasteiger partial charge in [-0.2, -0.15) is 0 Å². The lowest BCUT2D eigenvalue weighted by Crippen LogP contribution is -1.98. The van der Waals surface area contributed by atoms with E-state index in [9.17, 15) is 0 Å². The Morgan fingerprint density at radius 2 is 1.91 bits per heavy atom. The summed E-state index contributed by atoms with van der Waals surface area (Å²) >= 11 is 6.01. The quantitative estimate of drug-likeness (QED) is 0.692. The van der Waals surface area contributed by atoms with Crippen LogP contribution in [0.15, 0.2) is 36.8 Å². The summed E-state index contributed by atoms with van der Waals surface area (Å²) in [4.78, 5) is 8.49. The minimum atomic E-state index is 0.605. The first-order valence-corrected chi connectivity index (χ1v) is 7.77. The van der Waals surface area contributed by atoms with Crippen LogP contribution in [0.25, 0.3) is 5.78 Å². The highest BCUT2D eigenvalue weighted by Gasteiger charge is 2.08. The maximum Gasteiger partial charge on any atom is 0.233 e. The molecule has 0 unspecified atom stereocenters. The van der Waals surface area contributed by atoms with Crippen molar-refractivity contribution in [3.8, 4) is 11.5 Å². The maximum absolute atomic E-state index is 6.01. The third-order valence-electron chi connectivity index (χ3n) is 3.78. The molecule has 6 heteroatoms. The first-order chi connectivity index (χ1) is 11.2. The number of rotatable bonds is 6. The first kappa shape index (κ1) is 15.6. The molecule has 0 aliphatic carbocycles. The van der Waals surface area contributed by atoms with Crippen LogP contribution in [0.4, 0.5) is 0 Å². The number of imidazole rings is 1. The summed E-state index contributed by atoms with van der Waals surface area (Å²) in [6.45, 7) is 0. The van der Waals surface area contributed by atoms with E-state index >= 15 is 0 Å². The fourth-order valence-electron chi connectivity index (χ4n) is 2.60. The average molecular weight is 332 g/mol. The summed E-state index contributed by atoms with van der Waals surface area (Å²) in [5.74, 6) is 2.33. The Labute approximate surface area is 139 Å². The highest BCUT2D eigenvalue weighted by atomic mass is 35.5. The van der Waals surface area contributed by atoms with E-state index in [4.69, 9.17) is 21.1 Å². The van der Waals surface area contributed by atoms with Crippen molar-refractivity contribution in [3.05, 3.63) is 53.1 Å². The van der Waals surface area contributed by atoms with Crippen LogP contribution in [0.3, 0.4) is 0 Å². The van der Waals surface area contributed by atoms with E-state index in [1.54, 1.807) is 20.4 Å². The van der Waals surface area contributed by atoms with Gasteiger partial charge in [0.2, 0.25) is 5.78 Å². The molecule has 0 saturated heterocycles. The second-order valence-electron chi connectivity index (χ2n) is 5.22. The number of halogens is 1. The van der Waals surface area contributed by atoms with E-state index in [0.29, 0.717) is 10.8 Å². The molecule has 2 aromatic heterocycles. The van der Waals surface area contributed by atoms with Crippen LogP contribution in [0, 0.1) is 0 Å². The summed E-state index contributed by atoms with van der Waals surface area (Å²) in [6.07, 6.45) is 8.08. The van der Waals surface area contributed by atoms with Crippen LogP contribution >= 0.6 is 11.6 Å². The Morgan fingerprint density at radius 1 is 1.09 bits per heavy atom. The summed E-state index contributed by atoms with van der Waals surface area (Å²) in [5.41, 5.74) is 2.26. The lowest BCUT2D eigenvalue weighted by Gasteiger charge is -2.10. The van der Waals surface area contributed by atoms with Gasteiger partial charge in [-0.1, -0.05) is 17.7 Å². The third-order valence-corrected chi connectivity index (χ3v) is 3.98. The molecule has 0 aliphatic rings. The standard InChI is InChI=1S/C17H18ClN3O2/c1-22-15-7-6-12(16(8-15)23-2)4-3-5-14-10-20-17-19-9-13(18)11-21(14)17/h6-11H,3-5H2,1-2H3. The zero-order valence-electron chi connectivity index (χ0n) is 13.1. The molecule has 3 rings (SSSR count). The number of nitrogens with zero attached hydrogens (tertiary/aromatic N) is 3. The van der Waals surface area contributed by atoms with E-state index in [0.717, 1.165) is 36.5 Å². The van der Waals surface area contributed by atoms with E-state index < -0.39 is 0 Å². The minimum absolute atomic E-state index is 0.605. The van der Waals surface area contributed by atoms with E-state index in [2.05, 4.69) is 9.97 Å². The highest BCUT2D eigenvalue weighted by Crippen LogP contribution is 2.26. The first-order valence-electron chi connectivity index (χ1n) is 7.39. The molecule has 0 atom stereocenters. The Kier molecular flexibility index (Phi) is 4.67. The molecule has 0 bridgehead atoms. The lowest BCUT2D eigenvalue weighted by molar-refractivity contribution is 0.390. The number of aryl methyl sites for hydroxylation is 2. The number of fused-ring (bicyclic) bond motifs is 1. The Balaban J connectivity index is 1.70. The largest absolute Gasteiger partial charge is 0.497 e. The number of benzene rings is 1. The molecule has 120 valence electrons. The molecule has 1 aromatic carbocycles. The molecule has 0 radical (unpaired) electrons. The van der Waals surface area contributed by atoms with Gasteiger partial charge in [-0.25, -0.2) is 9.97 Å². The van der Waals surface area contributed by atoms with Crippen molar-refractivity contribution < 1.29 is 9.47 Å². The maximum atomic E-state index is 6.01. The summed E-state index contributed by atoms with van der Waals surface area (Å²) < 4.78 is 12.6. The smallest absolute Gasteiger partial charge is 0.233 e. The second-order valence-corrected chi connectivity index (χ2v) is 5.66. The molecule has 0 spiro atoms. The Morgan fingerprint density at radius 3 is 2.70 bits per heavy atom. The monoisotopic (exact) mass is 331 g/mol. The second kappa shape index (κ2) is 6.87. The predicted molar refractivity (Wildman–Crippen MR) is 89.6 cm³/mol. The van der Waals surface area contributed by atoms with Gasteiger partial charge in [0.15, 0.2) is 0 Å². The van der Waals surface area contributed by atoms with Gasteiger partial charge in [0.1, 0.15) is 11.5 Å². The van der Waals surface area contributed by atoms with Gasteiger partial charge in [0, 0.05) is 18.0 Å². The predicted octanol–water partition coefficient (Wildman–Crippen LogP) is 3.58. The number of ether oxygens (including phenoxy) is 2. The molecule has 3 aromatic rings. The van der Waals surface area contributed by atoms with Crippen molar-refractivity contribution in [3.63, 3.8) is 0 Å². The van der Waals surface area contributed by atoms with E-state index in [1.165, 1.54) is 5.56 Å². The SMILES string of the molecule is COc1ccc(CCCc2cnc3ncc(Cl)cn23)c(OC)c1. The molecular formula is C17H18ClN3O2. The van der Waals surface area contributed by atoms with Crippen molar-refractivity contribution in [1.82, 2.24) is 14.4 Å². The van der Waals surface area contributed by atoms with Crippen LogP contribution in [-0.2, 0) is 12.8 Å². The molecular weight excluding hydrogens is 314 g/mol. The number of aromatic nitrogens is 3. The summed E-state index contributed by atoms with van der Waals surface area (Å²) in [6, 6.07) is 5.91. The fraction of sp³-hybridized carbons (Fsp3) is 0.294. The van der Waals surface area contributed by atoms with Crippen LogP contribution in [0.5, 0.6) is 11.5 Å². The van der Waals surface area contributed by atoms with Crippen molar-refractivity contribution >= 4 is 17.4 Å². The van der Waals surface area contributed by atoms with Crippen LogP contribution < -0.4 is 9.47 Å². The van der Waals surface area contributed by atoms with Gasteiger partial charge in [-0.15, -0.1) is 0 Å². The lowest BCUT2D eigenvalue weighted by atomic mass is 10.1. The number of hydrogen-bond acceptors (Lipinski definition) is 4. The third kappa shape index (κ3) is 3.40. The Bertz CT molecular complexity index is 817. The van der Waals surface area contributed by atoms with Crippen molar-refractivity contribution in [2.75, 3.05) is 14.2 Å². The Hall–Kier alpha value is -2.27. The molecule has 23 heavy (non-hydrogen) atoms. The minimum Gasteiger partial charge on any atom is -0.497 e. The molecule has 0 fully saturated rings. The summed E-state index contributed by atoms with van der Waals surface area (Å²) in [7, 11) is 3.33. The van der Waals surface area contributed by atoms with E-state index in [-0.39, 0.29) is 0 Å². The molecule has 0 amide bonds. The van der Waals surface area contributed by atoms with Crippen molar-refractivity contribution in [1.29, 1.82) is 0 Å². The highest BCUT2D eigenvalue weighted by molar-refractivity contribution is 6.30. The number of methoxy groups -OCH3 is 2. The van der Waals surface area contributed by atoms with E-state index in [1.807, 2.05) is 35.0 Å². The van der Waals surface area contributed by atoms with Gasteiger partial charge in [-0.05, 0) is 30.9 Å².